The van der Waals surface area contributed by atoms with Gasteiger partial charge in [-0.3, -0.25) is 0 Å². The lowest BCUT2D eigenvalue weighted by Crippen LogP contribution is -2.10. The lowest BCUT2D eigenvalue weighted by Gasteiger charge is -2.16. The number of nitriles is 1. The third kappa shape index (κ3) is 5.65. The fourth-order valence-corrected chi connectivity index (χ4v) is 2.11. The van der Waals surface area contributed by atoms with E-state index in [0.29, 0.717) is 6.61 Å². The van der Waals surface area contributed by atoms with Gasteiger partial charge in [0.15, 0.2) is 11.5 Å². The van der Waals surface area contributed by atoms with Crippen LogP contribution in [0.3, 0.4) is 0 Å². The Labute approximate surface area is 128 Å². The number of nitrogens with zero attached hydrogens (tertiary/aromatic N) is 1. The molecule has 4 nitrogen and oxygen atoms in total. The summed E-state index contributed by atoms with van der Waals surface area (Å²) in [6.07, 6.45) is 2.81. The molecule has 116 valence electrons. The third-order valence-electron chi connectivity index (χ3n) is 3.39. The molecule has 1 aromatic carbocycles. The van der Waals surface area contributed by atoms with E-state index in [9.17, 15) is 0 Å². The van der Waals surface area contributed by atoms with Gasteiger partial charge in [0.2, 0.25) is 0 Å². The Morgan fingerprint density at radius 2 is 2.05 bits per heavy atom. The van der Waals surface area contributed by atoms with Crippen molar-refractivity contribution < 1.29 is 9.47 Å². The molecule has 0 saturated carbocycles. The molecule has 0 atom stereocenters. The van der Waals surface area contributed by atoms with Crippen molar-refractivity contribution >= 4 is 0 Å². The van der Waals surface area contributed by atoms with Gasteiger partial charge in [-0.05, 0) is 46.2 Å². The van der Waals surface area contributed by atoms with E-state index in [1.165, 1.54) is 0 Å². The minimum atomic E-state index is -0.248. The van der Waals surface area contributed by atoms with E-state index in [-0.39, 0.29) is 5.41 Å². The summed E-state index contributed by atoms with van der Waals surface area (Å²) in [7, 11) is 3.56. The Hall–Kier alpha value is -1.73. The molecule has 0 aromatic heterocycles. The summed E-state index contributed by atoms with van der Waals surface area (Å²) < 4.78 is 11.3. The van der Waals surface area contributed by atoms with Crippen molar-refractivity contribution in [2.24, 2.45) is 5.41 Å². The maximum Gasteiger partial charge on any atom is 0.165 e. The van der Waals surface area contributed by atoms with Crippen molar-refractivity contribution in [3.8, 4) is 17.6 Å². The van der Waals surface area contributed by atoms with Crippen LogP contribution in [0.4, 0.5) is 0 Å². The Morgan fingerprint density at radius 3 is 2.67 bits per heavy atom. The fraction of sp³-hybridized carbons (Fsp3) is 0.588. The highest BCUT2D eigenvalue weighted by Gasteiger charge is 2.15. The molecule has 0 fully saturated rings. The number of para-hydroxylation sites is 1. The van der Waals surface area contributed by atoms with Gasteiger partial charge in [-0.1, -0.05) is 12.1 Å². The topological polar surface area (TPSA) is 54.3 Å². The Morgan fingerprint density at radius 1 is 1.29 bits per heavy atom. The van der Waals surface area contributed by atoms with Crippen LogP contribution in [0.2, 0.25) is 0 Å². The standard InChI is InChI=1S/C17H26N2O2/c1-17(2,13-18)10-5-6-11-21-16-14(12-19-3)8-7-9-15(16)20-4/h7-9,19H,5-6,10-12H2,1-4H3. The van der Waals surface area contributed by atoms with Gasteiger partial charge in [0.25, 0.3) is 0 Å². The van der Waals surface area contributed by atoms with Crippen LogP contribution in [0.5, 0.6) is 11.5 Å². The maximum atomic E-state index is 8.99. The molecule has 0 radical (unpaired) electrons. The Kier molecular flexibility index (Phi) is 7.04. The van der Waals surface area contributed by atoms with E-state index >= 15 is 0 Å². The van der Waals surface area contributed by atoms with E-state index < -0.39 is 0 Å². The van der Waals surface area contributed by atoms with Crippen LogP contribution in [-0.4, -0.2) is 20.8 Å². The summed E-state index contributed by atoms with van der Waals surface area (Å²) in [5.41, 5.74) is 0.844. The summed E-state index contributed by atoms with van der Waals surface area (Å²) in [4.78, 5) is 0. The van der Waals surface area contributed by atoms with E-state index in [4.69, 9.17) is 14.7 Å². The number of unbranched alkanes of at least 4 members (excludes halogenated alkanes) is 1. The fourth-order valence-electron chi connectivity index (χ4n) is 2.11. The second-order valence-electron chi connectivity index (χ2n) is 5.78. The first kappa shape index (κ1) is 17.3. The number of ether oxygens (including phenoxy) is 2. The normalized spacial score (nSPS) is 11.0. The highest BCUT2D eigenvalue weighted by Crippen LogP contribution is 2.31. The summed E-state index contributed by atoms with van der Waals surface area (Å²) in [6.45, 7) is 5.32. The van der Waals surface area contributed by atoms with Gasteiger partial charge in [0.1, 0.15) is 0 Å². The Bertz CT molecular complexity index is 478. The highest BCUT2D eigenvalue weighted by atomic mass is 16.5. The van der Waals surface area contributed by atoms with Crippen LogP contribution in [0.25, 0.3) is 0 Å². The lowest BCUT2D eigenvalue weighted by molar-refractivity contribution is 0.275. The van der Waals surface area contributed by atoms with Crippen molar-refractivity contribution in [2.75, 3.05) is 20.8 Å². The van der Waals surface area contributed by atoms with Gasteiger partial charge in [-0.2, -0.15) is 5.26 Å². The van der Waals surface area contributed by atoms with Gasteiger partial charge in [0, 0.05) is 12.1 Å². The lowest BCUT2D eigenvalue weighted by atomic mass is 9.89. The zero-order valence-electron chi connectivity index (χ0n) is 13.5. The average Bonchev–Trinajstić information content (AvgIpc) is 2.48. The van der Waals surface area contributed by atoms with Crippen LogP contribution in [-0.2, 0) is 6.54 Å². The molecule has 1 rings (SSSR count). The van der Waals surface area contributed by atoms with Gasteiger partial charge in [-0.15, -0.1) is 0 Å². The van der Waals surface area contributed by atoms with E-state index in [2.05, 4.69) is 11.4 Å². The molecule has 0 unspecified atom stereocenters. The van der Waals surface area contributed by atoms with Crippen LogP contribution >= 0.6 is 0 Å². The van der Waals surface area contributed by atoms with E-state index in [0.717, 1.165) is 42.9 Å². The van der Waals surface area contributed by atoms with E-state index in [1.807, 2.05) is 39.1 Å². The number of rotatable bonds is 9. The van der Waals surface area contributed by atoms with Crippen LogP contribution in [0.1, 0.15) is 38.7 Å². The molecule has 0 spiro atoms. The monoisotopic (exact) mass is 290 g/mol. The van der Waals surface area contributed by atoms with Crippen LogP contribution in [0, 0.1) is 16.7 Å². The number of hydrogen-bond acceptors (Lipinski definition) is 4. The zero-order valence-corrected chi connectivity index (χ0v) is 13.5. The van der Waals surface area contributed by atoms with Gasteiger partial charge in [0.05, 0.1) is 25.2 Å². The number of nitrogens with one attached hydrogen (secondary N) is 1. The Balaban J connectivity index is 2.53. The molecule has 0 aliphatic carbocycles. The summed E-state index contributed by atoms with van der Waals surface area (Å²) in [5.74, 6) is 1.58. The van der Waals surface area contributed by atoms with Crippen molar-refractivity contribution in [3.05, 3.63) is 23.8 Å². The van der Waals surface area contributed by atoms with Crippen molar-refractivity contribution in [3.63, 3.8) is 0 Å². The molecule has 4 heteroatoms. The molecule has 0 amide bonds. The average molecular weight is 290 g/mol. The quantitative estimate of drug-likeness (QED) is 0.707. The predicted molar refractivity (Wildman–Crippen MR) is 84.5 cm³/mol. The second-order valence-corrected chi connectivity index (χ2v) is 5.78. The third-order valence-corrected chi connectivity index (χ3v) is 3.39. The smallest absolute Gasteiger partial charge is 0.165 e. The number of benzene rings is 1. The summed E-state index contributed by atoms with van der Waals surface area (Å²) >= 11 is 0. The molecule has 0 saturated heterocycles. The van der Waals surface area contributed by atoms with Crippen molar-refractivity contribution in [2.45, 2.75) is 39.7 Å². The zero-order chi connectivity index (χ0) is 15.7. The maximum absolute atomic E-state index is 8.99. The van der Waals surface area contributed by atoms with Gasteiger partial charge < -0.3 is 14.8 Å². The number of methoxy groups -OCH3 is 1. The molecular weight excluding hydrogens is 264 g/mol. The predicted octanol–water partition coefficient (Wildman–Crippen LogP) is 3.51. The molecule has 0 aliphatic heterocycles. The summed E-state index contributed by atoms with van der Waals surface area (Å²) in [5, 5.41) is 12.1. The first-order valence-corrected chi connectivity index (χ1v) is 7.38. The molecule has 21 heavy (non-hydrogen) atoms. The molecule has 0 aliphatic rings. The van der Waals surface area contributed by atoms with Crippen LogP contribution in [0.15, 0.2) is 18.2 Å². The largest absolute Gasteiger partial charge is 0.493 e. The van der Waals surface area contributed by atoms with Crippen molar-refractivity contribution in [1.29, 1.82) is 5.26 Å². The van der Waals surface area contributed by atoms with Crippen molar-refractivity contribution in [1.82, 2.24) is 5.32 Å². The molecular formula is C17H26N2O2. The molecule has 1 N–H and O–H groups in total. The number of hydrogen-bond donors (Lipinski definition) is 1. The van der Waals surface area contributed by atoms with Gasteiger partial charge >= 0.3 is 0 Å². The van der Waals surface area contributed by atoms with Gasteiger partial charge in [-0.25, -0.2) is 0 Å². The highest BCUT2D eigenvalue weighted by molar-refractivity contribution is 5.46. The molecule has 0 heterocycles. The molecule has 0 bridgehead atoms. The minimum Gasteiger partial charge on any atom is -0.493 e. The summed E-state index contributed by atoms with van der Waals surface area (Å²) in [6, 6.07) is 8.24. The first-order valence-electron chi connectivity index (χ1n) is 7.38. The minimum absolute atomic E-state index is 0.248. The second kappa shape index (κ2) is 8.53. The van der Waals surface area contributed by atoms with E-state index in [1.54, 1.807) is 7.11 Å². The van der Waals surface area contributed by atoms with Crippen LogP contribution < -0.4 is 14.8 Å². The first-order chi connectivity index (χ1) is 10.0. The molecule has 1 aromatic rings. The SMILES string of the molecule is CNCc1cccc(OC)c1OCCCCC(C)(C)C#N.